The zero-order valence-electron chi connectivity index (χ0n) is 37.4. The van der Waals surface area contributed by atoms with E-state index in [1.807, 2.05) is 33.3 Å². The van der Waals surface area contributed by atoms with E-state index in [1.165, 1.54) is 44.9 Å². The van der Waals surface area contributed by atoms with Crippen molar-refractivity contribution >= 4 is 19.8 Å². The first-order chi connectivity index (χ1) is 28.5. The lowest BCUT2D eigenvalue weighted by Crippen LogP contribution is -2.37. The maximum Gasteiger partial charge on any atom is 0.472 e. The summed E-state index contributed by atoms with van der Waals surface area (Å²) in [6.07, 6.45) is 48.1. The van der Waals surface area contributed by atoms with Crippen LogP contribution in [0.15, 0.2) is 85.1 Å². The van der Waals surface area contributed by atoms with Gasteiger partial charge in [-0.3, -0.25) is 18.6 Å². The van der Waals surface area contributed by atoms with Crippen molar-refractivity contribution < 1.29 is 46.8 Å². The monoisotopic (exact) mass is 847 g/mol. The topological polar surface area (TPSA) is 121 Å². The van der Waals surface area contributed by atoms with Gasteiger partial charge in [-0.2, -0.15) is 0 Å². The number of carbonyl (C=O) groups is 2. The quantitative estimate of drug-likeness (QED) is 0.0162. The van der Waals surface area contributed by atoms with Crippen LogP contribution in [0.5, 0.6) is 0 Å². The number of ether oxygens (including phenoxy) is 3. The molecule has 1 saturated heterocycles. The highest BCUT2D eigenvalue weighted by Crippen LogP contribution is 2.43. The minimum Gasteiger partial charge on any atom is -0.462 e. The van der Waals surface area contributed by atoms with E-state index in [0.29, 0.717) is 30.3 Å². The summed E-state index contributed by atoms with van der Waals surface area (Å²) in [5, 5.41) is 0. The fraction of sp³-hybridized carbons (Fsp3) is 0.667. The lowest BCUT2D eigenvalue weighted by molar-refractivity contribution is -0.870. The molecule has 0 saturated carbocycles. The van der Waals surface area contributed by atoms with E-state index in [1.54, 1.807) is 0 Å². The van der Waals surface area contributed by atoms with Gasteiger partial charge in [0, 0.05) is 12.8 Å². The Morgan fingerprint density at radius 3 is 1.56 bits per heavy atom. The number of epoxide rings is 1. The molecular weight excluding hydrogens is 765 g/mol. The van der Waals surface area contributed by atoms with Gasteiger partial charge in [0.15, 0.2) is 6.10 Å². The SMILES string of the molecule is CCCCC/C=C\C/C=C\C/C=C\C/C=C\CCCC(=O)OC[C@H](COP(=O)(O)OCC[N+](C)(C)C)OC(=O)CCC/C=C\CC1OC1C/C=C\C/C=C\CCCCC. The summed E-state index contributed by atoms with van der Waals surface area (Å²) in [7, 11) is 1.39. The van der Waals surface area contributed by atoms with Gasteiger partial charge in [0.05, 0.1) is 40.0 Å². The van der Waals surface area contributed by atoms with Crippen LogP contribution >= 0.6 is 7.82 Å². The molecule has 0 aromatic carbocycles. The second kappa shape index (κ2) is 35.9. The maximum absolute atomic E-state index is 12.7. The predicted octanol–water partition coefficient (Wildman–Crippen LogP) is 11.8. The Labute approximate surface area is 358 Å². The highest BCUT2D eigenvalue weighted by molar-refractivity contribution is 7.47. The van der Waals surface area contributed by atoms with E-state index in [2.05, 4.69) is 86.8 Å². The minimum atomic E-state index is -4.41. The number of rotatable bonds is 38. The third kappa shape index (κ3) is 36.7. The van der Waals surface area contributed by atoms with E-state index in [9.17, 15) is 19.0 Å². The number of phosphoric acid groups is 1. The van der Waals surface area contributed by atoms with Crippen molar-refractivity contribution in [3.8, 4) is 0 Å². The Kier molecular flexibility index (Phi) is 32.9. The zero-order chi connectivity index (χ0) is 43.3. The summed E-state index contributed by atoms with van der Waals surface area (Å²) >= 11 is 0. The van der Waals surface area contributed by atoms with Gasteiger partial charge >= 0.3 is 19.8 Å². The lowest BCUT2D eigenvalue weighted by atomic mass is 10.1. The van der Waals surface area contributed by atoms with E-state index >= 15 is 0 Å². The van der Waals surface area contributed by atoms with E-state index < -0.39 is 32.5 Å². The van der Waals surface area contributed by atoms with Gasteiger partial charge in [0.2, 0.25) is 0 Å². The summed E-state index contributed by atoms with van der Waals surface area (Å²) in [5.74, 6) is -0.947. The number of carbonyl (C=O) groups excluding carboxylic acids is 2. The van der Waals surface area contributed by atoms with Gasteiger partial charge in [0.25, 0.3) is 0 Å². The lowest BCUT2D eigenvalue weighted by Gasteiger charge is -2.24. The normalized spacial score (nSPS) is 17.8. The molecule has 1 rings (SSSR count). The fourth-order valence-electron chi connectivity index (χ4n) is 5.63. The third-order valence-electron chi connectivity index (χ3n) is 9.30. The Morgan fingerprint density at radius 2 is 1.05 bits per heavy atom. The molecular formula is C48H81NO9P+. The molecule has 11 heteroatoms. The van der Waals surface area contributed by atoms with Crippen LogP contribution in [0, 0.1) is 0 Å². The van der Waals surface area contributed by atoms with Crippen LogP contribution in [0.3, 0.4) is 0 Å². The molecule has 0 bridgehead atoms. The van der Waals surface area contributed by atoms with Crippen molar-refractivity contribution in [2.75, 3.05) is 47.5 Å². The first kappa shape index (κ1) is 54.2. The number of unbranched alkanes of at least 4 members (excludes halogenated alkanes) is 8. The highest BCUT2D eigenvalue weighted by atomic mass is 31.2. The average molecular weight is 847 g/mol. The summed E-state index contributed by atoms with van der Waals surface area (Å²) < 4.78 is 40.0. The molecule has 0 radical (unpaired) electrons. The molecule has 1 fully saturated rings. The van der Waals surface area contributed by atoms with Crippen LogP contribution in [0.25, 0.3) is 0 Å². The van der Waals surface area contributed by atoms with Gasteiger partial charge in [0.1, 0.15) is 19.8 Å². The third-order valence-corrected chi connectivity index (χ3v) is 10.3. The molecule has 3 unspecified atom stereocenters. The number of allylic oxidation sites excluding steroid dienone is 12. The summed E-state index contributed by atoms with van der Waals surface area (Å²) in [6.45, 7) is 4.19. The van der Waals surface area contributed by atoms with E-state index in [-0.39, 0.29) is 38.3 Å². The average Bonchev–Trinajstić information content (AvgIpc) is 3.94. The standard InChI is InChI=1S/C48H80NO9P/c1-6-8-10-12-14-16-17-18-19-20-21-22-23-25-27-29-34-38-47(50)54-42-44(43-56-59(52,53)55-41-40-49(3,4)5)57-48(51)39-35-31-30-33-37-46-45(58-46)36-32-28-26-24-15-13-11-9-7-2/h14-16,18-19,21-22,24-25,27-28,30,32-33,44-46H,6-13,17,20,23,26,29,31,34-43H2,1-5H3/p+1/b16-14-,19-18-,22-21-,24-15-,27-25-,32-28-,33-30-/t44-,45?,46?/m1/s1. The molecule has 1 N–H and O–H groups in total. The van der Waals surface area contributed by atoms with Gasteiger partial charge < -0.3 is 23.6 Å². The van der Waals surface area contributed by atoms with Crippen LogP contribution < -0.4 is 0 Å². The van der Waals surface area contributed by atoms with Gasteiger partial charge in [-0.1, -0.05) is 125 Å². The van der Waals surface area contributed by atoms with Crippen LogP contribution in [0.2, 0.25) is 0 Å². The Hall–Kier alpha value is -2.85. The van der Waals surface area contributed by atoms with Gasteiger partial charge in [-0.05, 0) is 89.9 Å². The molecule has 0 aliphatic carbocycles. The predicted molar refractivity (Wildman–Crippen MR) is 242 cm³/mol. The zero-order valence-corrected chi connectivity index (χ0v) is 38.3. The van der Waals surface area contributed by atoms with Crippen molar-refractivity contribution in [2.45, 2.75) is 161 Å². The van der Waals surface area contributed by atoms with Gasteiger partial charge in [-0.25, -0.2) is 4.57 Å². The number of esters is 2. The van der Waals surface area contributed by atoms with Crippen LogP contribution in [0.1, 0.15) is 142 Å². The minimum absolute atomic E-state index is 0.00533. The smallest absolute Gasteiger partial charge is 0.462 e. The summed E-state index contributed by atoms with van der Waals surface area (Å²) in [6, 6.07) is 0. The number of hydrogen-bond donors (Lipinski definition) is 1. The molecule has 1 aliphatic heterocycles. The number of phosphoric ester groups is 1. The van der Waals surface area contributed by atoms with Crippen molar-refractivity contribution in [3.05, 3.63) is 85.1 Å². The second-order valence-corrected chi connectivity index (χ2v) is 17.6. The Morgan fingerprint density at radius 1 is 0.610 bits per heavy atom. The van der Waals surface area contributed by atoms with E-state index in [0.717, 1.165) is 51.4 Å². The molecule has 0 aromatic rings. The second-order valence-electron chi connectivity index (χ2n) is 16.1. The van der Waals surface area contributed by atoms with Crippen molar-refractivity contribution in [1.82, 2.24) is 0 Å². The van der Waals surface area contributed by atoms with E-state index in [4.69, 9.17) is 23.3 Å². The fourth-order valence-corrected chi connectivity index (χ4v) is 6.37. The Balaban J connectivity index is 2.38. The summed E-state index contributed by atoms with van der Waals surface area (Å²) in [4.78, 5) is 35.4. The molecule has 59 heavy (non-hydrogen) atoms. The number of hydrogen-bond acceptors (Lipinski definition) is 8. The number of nitrogens with zero attached hydrogens (tertiary/aromatic N) is 1. The van der Waals surface area contributed by atoms with Crippen LogP contribution in [-0.2, 0) is 37.4 Å². The highest BCUT2D eigenvalue weighted by Gasteiger charge is 2.36. The molecule has 4 atom stereocenters. The van der Waals surface area contributed by atoms with Crippen molar-refractivity contribution in [3.63, 3.8) is 0 Å². The maximum atomic E-state index is 12.7. The Bertz CT molecular complexity index is 1340. The molecule has 0 aromatic heterocycles. The number of quaternary nitrogens is 1. The van der Waals surface area contributed by atoms with Gasteiger partial charge in [-0.15, -0.1) is 0 Å². The molecule has 0 amide bonds. The van der Waals surface area contributed by atoms with Crippen LogP contribution in [0.4, 0.5) is 0 Å². The van der Waals surface area contributed by atoms with Crippen LogP contribution in [-0.4, -0.2) is 87.1 Å². The molecule has 1 aliphatic rings. The molecule has 1 heterocycles. The van der Waals surface area contributed by atoms with Crippen molar-refractivity contribution in [1.29, 1.82) is 0 Å². The first-order valence-corrected chi connectivity index (χ1v) is 23.9. The van der Waals surface area contributed by atoms with Crippen molar-refractivity contribution in [2.24, 2.45) is 0 Å². The largest absolute Gasteiger partial charge is 0.472 e. The molecule has 0 spiro atoms. The molecule has 336 valence electrons. The molecule has 10 nitrogen and oxygen atoms in total. The summed E-state index contributed by atoms with van der Waals surface area (Å²) in [5.41, 5.74) is 0. The number of likely N-dealkylation sites (N-methyl/N-ethyl adjacent to an activating group) is 1. The first-order valence-electron chi connectivity index (χ1n) is 22.4.